The molecule has 184 valence electrons. The maximum atomic E-state index is 13.0. The van der Waals surface area contributed by atoms with E-state index in [0.29, 0.717) is 25.7 Å². The lowest BCUT2D eigenvalue weighted by atomic mass is 9.80. The molecule has 8 nitrogen and oxygen atoms in total. The Kier molecular flexibility index (Phi) is 8.17. The number of carbonyl (C=O) groups is 2. The summed E-state index contributed by atoms with van der Waals surface area (Å²) in [5.74, 6) is -2.18. The lowest BCUT2D eigenvalue weighted by molar-refractivity contribution is -0.142. The molecule has 0 aromatic heterocycles. The lowest BCUT2D eigenvalue weighted by Gasteiger charge is -2.40. The van der Waals surface area contributed by atoms with Gasteiger partial charge in [0.1, 0.15) is 11.3 Å². The van der Waals surface area contributed by atoms with Crippen molar-refractivity contribution in [2.24, 2.45) is 4.99 Å². The fourth-order valence-electron chi connectivity index (χ4n) is 3.96. The fraction of sp³-hybridized carbons (Fsp3) is 0.409. The van der Waals surface area contributed by atoms with Crippen LogP contribution in [0.15, 0.2) is 39.1 Å². The van der Waals surface area contributed by atoms with Crippen LogP contribution in [0.5, 0.6) is 11.5 Å². The van der Waals surface area contributed by atoms with Gasteiger partial charge in [0.2, 0.25) is 6.10 Å². The quantitative estimate of drug-likeness (QED) is 0.359. The number of hydrogen-bond acceptors (Lipinski definition) is 6. The van der Waals surface area contributed by atoms with Crippen LogP contribution in [-0.4, -0.2) is 42.0 Å². The van der Waals surface area contributed by atoms with Gasteiger partial charge in [-0.15, -0.1) is 0 Å². The normalized spacial score (nSPS) is 20.5. The molecule has 0 saturated heterocycles. The zero-order valence-electron chi connectivity index (χ0n) is 18.2. The summed E-state index contributed by atoms with van der Waals surface area (Å²) in [6, 6.07) is 2.29. The Hall–Kier alpha value is -2.69. The predicted molar refractivity (Wildman–Crippen MR) is 124 cm³/mol. The highest BCUT2D eigenvalue weighted by atomic mass is 35.5. The number of hydrogen-bond donors (Lipinski definition) is 3. The van der Waals surface area contributed by atoms with Gasteiger partial charge in [-0.25, -0.2) is 0 Å². The van der Waals surface area contributed by atoms with E-state index in [1.54, 1.807) is 0 Å². The van der Waals surface area contributed by atoms with Crippen LogP contribution in [0, 0.1) is 0 Å². The topological polar surface area (TPSA) is 109 Å². The number of carbonyl (C=O) groups excluding carboxylic acids is 2. The second kappa shape index (κ2) is 10.7. The van der Waals surface area contributed by atoms with E-state index in [1.165, 1.54) is 19.2 Å². The first-order chi connectivity index (χ1) is 16.1. The highest BCUT2D eigenvalue weighted by Crippen LogP contribution is 2.45. The second-order valence-electron chi connectivity index (χ2n) is 7.87. The molecule has 1 unspecified atom stereocenters. The number of allylic oxidation sites excluding steroid dienone is 2. The van der Waals surface area contributed by atoms with E-state index in [0.717, 1.165) is 12.5 Å². The molecule has 0 spiro atoms. The van der Waals surface area contributed by atoms with Crippen LogP contribution in [0.25, 0.3) is 0 Å². The first-order valence-electron chi connectivity index (χ1n) is 10.4. The molecule has 1 aromatic rings. The van der Waals surface area contributed by atoms with E-state index >= 15 is 0 Å². The van der Waals surface area contributed by atoms with Crippen molar-refractivity contribution in [3.8, 4) is 11.5 Å². The van der Waals surface area contributed by atoms with Gasteiger partial charge in [0.25, 0.3) is 11.8 Å². The van der Waals surface area contributed by atoms with Crippen molar-refractivity contribution in [1.29, 1.82) is 0 Å². The molecule has 1 fully saturated rings. The molecular weight excluding hydrogens is 495 g/mol. The van der Waals surface area contributed by atoms with E-state index in [9.17, 15) is 23.5 Å². The van der Waals surface area contributed by atoms with Crippen molar-refractivity contribution in [1.82, 2.24) is 5.32 Å². The number of aliphatic imine (C=N–C) groups is 1. The number of nitrogens with one attached hydrogen (secondary N) is 2. The van der Waals surface area contributed by atoms with Crippen molar-refractivity contribution in [3.05, 3.63) is 39.7 Å². The Balaban J connectivity index is 2.02. The van der Waals surface area contributed by atoms with Gasteiger partial charge < -0.3 is 25.2 Å². The number of rotatable bonds is 7. The Bertz CT molecular complexity index is 1050. The predicted octanol–water partition coefficient (Wildman–Crippen LogP) is 4.66. The van der Waals surface area contributed by atoms with Crippen LogP contribution < -0.4 is 20.1 Å². The molecule has 1 aromatic carbocycles. The van der Waals surface area contributed by atoms with E-state index in [4.69, 9.17) is 27.9 Å². The Labute approximate surface area is 204 Å². The highest BCUT2D eigenvalue weighted by molar-refractivity contribution is 6.35. The molecule has 3 N–H and O–H groups in total. The molecule has 34 heavy (non-hydrogen) atoms. The molecule has 1 heterocycles. The van der Waals surface area contributed by atoms with Crippen molar-refractivity contribution >= 4 is 47.4 Å². The summed E-state index contributed by atoms with van der Waals surface area (Å²) in [5, 5.41) is 16.2. The van der Waals surface area contributed by atoms with Crippen molar-refractivity contribution < 1.29 is 33.0 Å². The summed E-state index contributed by atoms with van der Waals surface area (Å²) >= 11 is 12.1. The summed E-state index contributed by atoms with van der Waals surface area (Å²) in [5.41, 5.74) is -1.78. The van der Waals surface area contributed by atoms with Gasteiger partial charge in [-0.3, -0.25) is 14.6 Å². The third-order valence-electron chi connectivity index (χ3n) is 5.54. The molecule has 0 radical (unpaired) electrons. The molecule has 0 bridgehead atoms. The standard InChI is InChI=1S/C22H23Cl2F2N3O5/c1-11(23)15(13(24)10-27-2)28-19(30)12-6-7-14(33-21(25)26)17-16(12)29-20(31)18(34-17)22(32)8-4-3-5-9-22/h6-7,10,18,21,32H,2-5,8-9H2,1H3,(H,28,30)(H,29,31)/b13-10+,15-11-. The van der Waals surface area contributed by atoms with Gasteiger partial charge in [0.15, 0.2) is 11.5 Å². The Morgan fingerprint density at radius 3 is 2.65 bits per heavy atom. The molecular formula is C22H23Cl2F2N3O5. The number of aliphatic hydroxyl groups is 1. The van der Waals surface area contributed by atoms with Gasteiger partial charge in [0, 0.05) is 11.2 Å². The van der Waals surface area contributed by atoms with Crippen molar-refractivity contribution in [2.75, 3.05) is 5.32 Å². The number of ether oxygens (including phenoxy) is 2. The van der Waals surface area contributed by atoms with Crippen molar-refractivity contribution in [2.45, 2.75) is 57.3 Å². The minimum Gasteiger partial charge on any atom is -0.471 e. The summed E-state index contributed by atoms with van der Waals surface area (Å²) in [6.07, 6.45) is 2.66. The molecule has 2 amide bonds. The number of anilines is 1. The van der Waals surface area contributed by atoms with E-state index in [2.05, 4.69) is 27.1 Å². The van der Waals surface area contributed by atoms with Crippen LogP contribution in [0.2, 0.25) is 0 Å². The Morgan fingerprint density at radius 1 is 1.38 bits per heavy atom. The molecule has 1 saturated carbocycles. The first-order valence-corrected chi connectivity index (χ1v) is 11.1. The fourth-order valence-corrected chi connectivity index (χ4v) is 4.41. The molecule has 3 rings (SSSR count). The summed E-state index contributed by atoms with van der Waals surface area (Å²) in [6.45, 7) is 1.57. The molecule has 1 atom stereocenters. The maximum Gasteiger partial charge on any atom is 0.387 e. The van der Waals surface area contributed by atoms with Crippen LogP contribution in [-0.2, 0) is 4.79 Å². The van der Waals surface area contributed by atoms with E-state index < -0.39 is 35.9 Å². The molecule has 12 heteroatoms. The van der Waals surface area contributed by atoms with Crippen LogP contribution in [0.1, 0.15) is 49.4 Å². The molecule has 1 aliphatic heterocycles. The summed E-state index contributed by atoms with van der Waals surface area (Å²) < 4.78 is 36.3. The van der Waals surface area contributed by atoms with Gasteiger partial charge >= 0.3 is 6.61 Å². The maximum absolute atomic E-state index is 13.0. The second-order valence-corrected chi connectivity index (χ2v) is 8.84. The number of fused-ring (bicyclic) bond motifs is 1. The number of benzene rings is 1. The van der Waals surface area contributed by atoms with E-state index in [1.807, 2.05) is 0 Å². The summed E-state index contributed by atoms with van der Waals surface area (Å²) in [4.78, 5) is 29.5. The number of amides is 2. The third kappa shape index (κ3) is 5.51. The summed E-state index contributed by atoms with van der Waals surface area (Å²) in [7, 11) is 0. The molecule has 2 aliphatic rings. The largest absolute Gasteiger partial charge is 0.471 e. The van der Waals surface area contributed by atoms with Crippen molar-refractivity contribution in [3.63, 3.8) is 0 Å². The first kappa shape index (κ1) is 25.9. The average molecular weight is 518 g/mol. The van der Waals surface area contributed by atoms with Gasteiger partial charge in [-0.05, 0) is 38.6 Å². The highest BCUT2D eigenvalue weighted by Gasteiger charge is 2.47. The van der Waals surface area contributed by atoms with Crippen LogP contribution in [0.4, 0.5) is 14.5 Å². The van der Waals surface area contributed by atoms with E-state index in [-0.39, 0.29) is 32.8 Å². The zero-order valence-corrected chi connectivity index (χ0v) is 19.7. The Morgan fingerprint density at radius 2 is 2.06 bits per heavy atom. The monoisotopic (exact) mass is 517 g/mol. The zero-order chi connectivity index (χ0) is 25.0. The minimum absolute atomic E-state index is 0.0118. The third-order valence-corrected chi connectivity index (χ3v) is 6.01. The lowest BCUT2D eigenvalue weighted by Crippen LogP contribution is -2.55. The van der Waals surface area contributed by atoms with Gasteiger partial charge in [0.05, 0.1) is 16.3 Å². The average Bonchev–Trinajstić information content (AvgIpc) is 2.77. The van der Waals surface area contributed by atoms with Gasteiger partial charge in [-0.1, -0.05) is 42.5 Å². The number of nitrogens with zero attached hydrogens (tertiary/aromatic N) is 1. The van der Waals surface area contributed by atoms with Gasteiger partial charge in [-0.2, -0.15) is 8.78 Å². The smallest absolute Gasteiger partial charge is 0.387 e. The number of halogens is 4. The number of alkyl halides is 2. The molecule has 1 aliphatic carbocycles. The SMILES string of the molecule is C=N/C=C(Cl)\C(NC(=O)c1ccc(OC(F)F)c2c1NC(=O)C(C1(O)CCCCC1)O2)=C(/C)Cl. The minimum atomic E-state index is -3.19. The van der Waals surface area contributed by atoms with Crippen LogP contribution in [0.3, 0.4) is 0 Å². The van der Waals surface area contributed by atoms with Crippen LogP contribution >= 0.6 is 23.2 Å².